The van der Waals surface area contributed by atoms with Gasteiger partial charge in [0.1, 0.15) is 0 Å². The molecule has 1 aromatic carbocycles. The molecule has 0 atom stereocenters. The average molecular weight is 152 g/mol. The highest BCUT2D eigenvalue weighted by atomic mass is 16.6. The lowest BCUT2D eigenvalue weighted by molar-refractivity contribution is 0.257. The molecule has 0 amide bonds. The fourth-order valence-electron chi connectivity index (χ4n) is 0.832. The summed E-state index contributed by atoms with van der Waals surface area (Å²) in [6.45, 7) is 1.78. The van der Waals surface area contributed by atoms with E-state index >= 15 is 0 Å². The van der Waals surface area contributed by atoms with Gasteiger partial charge in [0.2, 0.25) is 0 Å². The number of benzene rings is 1. The van der Waals surface area contributed by atoms with Gasteiger partial charge in [-0.25, -0.2) is 0 Å². The number of nitrogens with zero attached hydrogens (tertiary/aromatic N) is 2. The van der Waals surface area contributed by atoms with E-state index in [-0.39, 0.29) is 0 Å². The number of nitroso groups, excluding NO2 is 1. The second-order valence-corrected chi connectivity index (χ2v) is 2.16. The number of hydrogen-bond donors (Lipinski definition) is 1. The summed E-state index contributed by atoms with van der Waals surface area (Å²) in [5.74, 6) is 0. The van der Waals surface area contributed by atoms with Crippen molar-refractivity contribution in [3.63, 3.8) is 0 Å². The van der Waals surface area contributed by atoms with Gasteiger partial charge in [0.25, 0.3) is 0 Å². The van der Waals surface area contributed by atoms with E-state index < -0.39 is 0 Å². The Morgan fingerprint density at radius 2 is 2.09 bits per heavy atom. The van der Waals surface area contributed by atoms with Gasteiger partial charge in [-0.1, -0.05) is 18.2 Å². The van der Waals surface area contributed by atoms with E-state index in [1.165, 1.54) is 0 Å². The van der Waals surface area contributed by atoms with Gasteiger partial charge in [-0.15, -0.1) is 10.1 Å². The van der Waals surface area contributed by atoms with E-state index in [2.05, 4.69) is 5.29 Å². The molecule has 0 aliphatic carbocycles. The SMILES string of the molecule is Cc1ccccc1N(O)N=O. The summed E-state index contributed by atoms with van der Waals surface area (Å²) in [5.41, 5.74) is 1.21. The van der Waals surface area contributed by atoms with Crippen molar-refractivity contribution in [3.8, 4) is 0 Å². The second kappa shape index (κ2) is 3.12. The molecule has 0 aliphatic rings. The van der Waals surface area contributed by atoms with E-state index in [0.717, 1.165) is 5.56 Å². The molecule has 0 radical (unpaired) electrons. The Kier molecular flexibility index (Phi) is 2.18. The van der Waals surface area contributed by atoms with Crippen LogP contribution in [-0.4, -0.2) is 5.21 Å². The predicted octanol–water partition coefficient (Wildman–Crippen LogP) is 1.87. The van der Waals surface area contributed by atoms with Crippen LogP contribution in [0.5, 0.6) is 0 Å². The van der Waals surface area contributed by atoms with Crippen molar-refractivity contribution in [3.05, 3.63) is 34.7 Å². The zero-order valence-corrected chi connectivity index (χ0v) is 6.06. The van der Waals surface area contributed by atoms with E-state index in [0.29, 0.717) is 10.9 Å². The van der Waals surface area contributed by atoms with Crippen LogP contribution in [0.4, 0.5) is 5.69 Å². The summed E-state index contributed by atoms with van der Waals surface area (Å²) in [5, 5.41) is 11.5. The third-order valence-corrected chi connectivity index (χ3v) is 1.41. The van der Waals surface area contributed by atoms with Gasteiger partial charge in [-0.05, 0) is 18.6 Å². The van der Waals surface area contributed by atoms with E-state index in [1.54, 1.807) is 25.1 Å². The molecule has 4 nitrogen and oxygen atoms in total. The topological polar surface area (TPSA) is 52.9 Å². The van der Waals surface area contributed by atoms with Crippen molar-refractivity contribution in [2.24, 2.45) is 5.29 Å². The van der Waals surface area contributed by atoms with E-state index in [1.807, 2.05) is 6.07 Å². The predicted molar refractivity (Wildman–Crippen MR) is 41.2 cm³/mol. The van der Waals surface area contributed by atoms with Gasteiger partial charge in [0, 0.05) is 0 Å². The first-order chi connectivity index (χ1) is 5.25. The van der Waals surface area contributed by atoms with Crippen molar-refractivity contribution in [1.82, 2.24) is 0 Å². The number of aryl methyl sites for hydroxylation is 1. The van der Waals surface area contributed by atoms with Crippen LogP contribution in [-0.2, 0) is 0 Å². The Hall–Kier alpha value is -1.42. The Morgan fingerprint density at radius 1 is 1.45 bits per heavy atom. The molecule has 1 N–H and O–H groups in total. The molecule has 11 heavy (non-hydrogen) atoms. The standard InChI is InChI=1S/C7H8N2O2/c1-6-4-2-3-5-7(6)9(11)8-10/h2-5,11H,1H3. The largest absolute Gasteiger partial charge is 0.265 e. The van der Waals surface area contributed by atoms with Crippen LogP contribution >= 0.6 is 0 Å². The summed E-state index contributed by atoms with van der Waals surface area (Å²) in [7, 11) is 0. The van der Waals surface area contributed by atoms with Crippen LogP contribution in [0.1, 0.15) is 5.56 Å². The summed E-state index contributed by atoms with van der Waals surface area (Å²) < 4.78 is 0. The Balaban J connectivity index is 3.02. The van der Waals surface area contributed by atoms with Crippen molar-refractivity contribution in [1.29, 1.82) is 0 Å². The Labute approximate surface area is 64.0 Å². The highest BCUT2D eigenvalue weighted by molar-refractivity contribution is 5.49. The quantitative estimate of drug-likeness (QED) is 0.520. The molecular formula is C7H8N2O2. The Morgan fingerprint density at radius 3 is 2.64 bits per heavy atom. The maximum atomic E-state index is 9.88. The van der Waals surface area contributed by atoms with Crippen LogP contribution in [0.3, 0.4) is 0 Å². The molecule has 0 saturated heterocycles. The zero-order valence-electron chi connectivity index (χ0n) is 6.06. The first-order valence-corrected chi connectivity index (χ1v) is 3.13. The Bertz CT molecular complexity index is 262. The van der Waals surface area contributed by atoms with Crippen LogP contribution in [0.15, 0.2) is 29.6 Å². The summed E-state index contributed by atoms with van der Waals surface area (Å²) >= 11 is 0. The van der Waals surface area contributed by atoms with Crippen LogP contribution < -0.4 is 5.17 Å². The molecule has 0 saturated carbocycles. The minimum atomic E-state index is 0.315. The lowest BCUT2D eigenvalue weighted by Crippen LogP contribution is -2.08. The number of rotatable bonds is 2. The molecule has 1 rings (SSSR count). The summed E-state index contributed by atoms with van der Waals surface area (Å²) in [6.07, 6.45) is 0. The molecule has 0 aliphatic heterocycles. The van der Waals surface area contributed by atoms with Gasteiger partial charge in [-0.3, -0.25) is 5.21 Å². The highest BCUT2D eigenvalue weighted by Crippen LogP contribution is 2.16. The first kappa shape index (κ1) is 7.68. The van der Waals surface area contributed by atoms with Crippen molar-refractivity contribution in [2.75, 3.05) is 5.17 Å². The van der Waals surface area contributed by atoms with Gasteiger partial charge in [0.15, 0.2) is 0 Å². The molecule has 0 heterocycles. The molecule has 4 heteroatoms. The molecule has 58 valence electrons. The second-order valence-electron chi connectivity index (χ2n) is 2.16. The van der Waals surface area contributed by atoms with E-state index in [4.69, 9.17) is 5.21 Å². The number of hydrogen-bond acceptors (Lipinski definition) is 3. The van der Waals surface area contributed by atoms with Crippen molar-refractivity contribution >= 4 is 5.69 Å². The van der Waals surface area contributed by atoms with Gasteiger partial charge in [-0.2, -0.15) is 0 Å². The molecular weight excluding hydrogens is 144 g/mol. The lowest BCUT2D eigenvalue weighted by atomic mass is 10.2. The highest BCUT2D eigenvalue weighted by Gasteiger charge is 2.03. The molecule has 0 aromatic heterocycles. The van der Waals surface area contributed by atoms with Crippen LogP contribution in [0.25, 0.3) is 0 Å². The number of para-hydroxylation sites is 1. The molecule has 0 spiro atoms. The maximum absolute atomic E-state index is 9.88. The van der Waals surface area contributed by atoms with Gasteiger partial charge < -0.3 is 0 Å². The fourth-order valence-corrected chi connectivity index (χ4v) is 0.832. The summed E-state index contributed by atoms with van der Waals surface area (Å²) in [6, 6.07) is 6.93. The lowest BCUT2D eigenvalue weighted by Gasteiger charge is -2.07. The summed E-state index contributed by atoms with van der Waals surface area (Å²) in [4.78, 5) is 9.88. The smallest absolute Gasteiger partial charge is 0.0961 e. The van der Waals surface area contributed by atoms with E-state index in [9.17, 15) is 4.91 Å². The van der Waals surface area contributed by atoms with Crippen molar-refractivity contribution < 1.29 is 5.21 Å². The average Bonchev–Trinajstić information content (AvgIpc) is 2.04. The third kappa shape index (κ3) is 1.53. The van der Waals surface area contributed by atoms with Gasteiger partial charge >= 0.3 is 0 Å². The van der Waals surface area contributed by atoms with Gasteiger partial charge in [0.05, 0.1) is 11.0 Å². The first-order valence-electron chi connectivity index (χ1n) is 3.13. The molecule has 0 unspecified atom stereocenters. The zero-order chi connectivity index (χ0) is 8.27. The molecule has 1 aromatic rings. The molecule has 0 bridgehead atoms. The third-order valence-electron chi connectivity index (χ3n) is 1.41. The number of anilines is 1. The molecule has 0 fully saturated rings. The monoisotopic (exact) mass is 152 g/mol. The normalized spacial score (nSPS) is 9.27. The van der Waals surface area contributed by atoms with Crippen LogP contribution in [0, 0.1) is 11.8 Å². The minimum Gasteiger partial charge on any atom is -0.265 e. The van der Waals surface area contributed by atoms with Crippen molar-refractivity contribution in [2.45, 2.75) is 6.92 Å². The minimum absolute atomic E-state index is 0.315. The van der Waals surface area contributed by atoms with Crippen LogP contribution in [0.2, 0.25) is 0 Å². The fraction of sp³-hybridized carbons (Fsp3) is 0.143. The maximum Gasteiger partial charge on any atom is 0.0961 e.